The highest BCUT2D eigenvalue weighted by Gasteiger charge is 2.21. The molecule has 0 radical (unpaired) electrons. The first kappa shape index (κ1) is 14.3. The summed E-state index contributed by atoms with van der Waals surface area (Å²) >= 11 is 2.11. The van der Waals surface area contributed by atoms with Crippen LogP contribution in [0, 0.1) is 0 Å². The first-order chi connectivity index (χ1) is 7.61. The molecule has 0 aromatic heterocycles. The zero-order chi connectivity index (χ0) is 12.0. The molecule has 3 unspecified atom stereocenters. The molecular formula is C12H26N2OS. The maximum absolute atomic E-state index is 5.10. The van der Waals surface area contributed by atoms with E-state index in [4.69, 9.17) is 4.74 Å². The molecule has 1 saturated heterocycles. The van der Waals surface area contributed by atoms with Gasteiger partial charge in [0.1, 0.15) is 0 Å². The van der Waals surface area contributed by atoms with Crippen molar-refractivity contribution in [2.75, 3.05) is 39.9 Å². The van der Waals surface area contributed by atoms with E-state index in [9.17, 15) is 0 Å². The van der Waals surface area contributed by atoms with Crippen molar-refractivity contribution < 1.29 is 4.74 Å². The Morgan fingerprint density at radius 1 is 1.38 bits per heavy atom. The van der Waals surface area contributed by atoms with Gasteiger partial charge < -0.3 is 10.1 Å². The fourth-order valence-electron chi connectivity index (χ4n) is 2.24. The van der Waals surface area contributed by atoms with Crippen molar-refractivity contribution >= 4 is 11.8 Å². The Hall–Kier alpha value is 0.230. The second-order valence-electron chi connectivity index (χ2n) is 4.83. The average Bonchev–Trinajstić information content (AvgIpc) is 2.16. The van der Waals surface area contributed by atoms with Crippen LogP contribution < -0.4 is 5.32 Å². The molecule has 0 spiro atoms. The second kappa shape index (κ2) is 7.54. The summed E-state index contributed by atoms with van der Waals surface area (Å²) in [6.07, 6.45) is 0. The minimum Gasteiger partial charge on any atom is -0.383 e. The molecule has 1 aliphatic rings. The molecule has 1 heterocycles. The lowest BCUT2D eigenvalue weighted by atomic mass is 10.3. The first-order valence-electron chi connectivity index (χ1n) is 6.22. The van der Waals surface area contributed by atoms with E-state index in [2.05, 4.69) is 42.7 Å². The third-order valence-electron chi connectivity index (χ3n) is 2.83. The number of thioether (sulfide) groups is 1. The number of ether oxygens (including phenoxy) is 1. The number of hydrogen-bond donors (Lipinski definition) is 1. The molecule has 0 aromatic carbocycles. The molecule has 0 aromatic rings. The lowest BCUT2D eigenvalue weighted by molar-refractivity contribution is 0.169. The minimum absolute atomic E-state index is 0.457. The van der Waals surface area contributed by atoms with E-state index in [1.807, 2.05) is 0 Å². The molecule has 1 N–H and O–H groups in total. The molecule has 0 saturated carbocycles. The molecule has 1 aliphatic heterocycles. The smallest absolute Gasteiger partial charge is 0.0613 e. The summed E-state index contributed by atoms with van der Waals surface area (Å²) in [5, 5.41) is 5.04. The van der Waals surface area contributed by atoms with Crippen molar-refractivity contribution in [2.24, 2.45) is 0 Å². The van der Waals surface area contributed by atoms with Crippen molar-refractivity contribution in [3.05, 3.63) is 0 Å². The summed E-state index contributed by atoms with van der Waals surface area (Å²) in [5.41, 5.74) is 0. The van der Waals surface area contributed by atoms with Crippen LogP contribution in [0.5, 0.6) is 0 Å². The third-order valence-corrected chi connectivity index (χ3v) is 4.06. The van der Waals surface area contributed by atoms with Crippen molar-refractivity contribution in [1.29, 1.82) is 0 Å². The largest absolute Gasteiger partial charge is 0.383 e. The Labute approximate surface area is 104 Å². The van der Waals surface area contributed by atoms with Crippen LogP contribution in [0.1, 0.15) is 20.8 Å². The van der Waals surface area contributed by atoms with Crippen LogP contribution in [-0.4, -0.2) is 61.3 Å². The van der Waals surface area contributed by atoms with Crippen LogP contribution >= 0.6 is 11.8 Å². The Bertz CT molecular complexity index is 182. The summed E-state index contributed by atoms with van der Waals surface area (Å²) in [5.74, 6) is 0. The van der Waals surface area contributed by atoms with Gasteiger partial charge in [0.2, 0.25) is 0 Å². The zero-order valence-electron chi connectivity index (χ0n) is 11.0. The molecule has 1 rings (SSSR count). The van der Waals surface area contributed by atoms with Gasteiger partial charge in [-0.25, -0.2) is 0 Å². The predicted octanol–water partition coefficient (Wildman–Crippen LogP) is 1.44. The van der Waals surface area contributed by atoms with Gasteiger partial charge >= 0.3 is 0 Å². The lowest BCUT2D eigenvalue weighted by Gasteiger charge is -2.34. The van der Waals surface area contributed by atoms with Gasteiger partial charge in [-0.05, 0) is 6.92 Å². The summed E-state index contributed by atoms with van der Waals surface area (Å²) in [6, 6.07) is 0.457. The van der Waals surface area contributed by atoms with Gasteiger partial charge in [0.05, 0.1) is 6.61 Å². The summed E-state index contributed by atoms with van der Waals surface area (Å²) < 4.78 is 5.10. The fraction of sp³-hybridized carbons (Fsp3) is 1.00. The quantitative estimate of drug-likeness (QED) is 0.766. The Balaban J connectivity index is 2.12. The van der Waals surface area contributed by atoms with E-state index in [0.29, 0.717) is 6.04 Å². The van der Waals surface area contributed by atoms with Crippen LogP contribution in [0.3, 0.4) is 0 Å². The lowest BCUT2D eigenvalue weighted by Crippen LogP contribution is -2.44. The Morgan fingerprint density at radius 2 is 2.00 bits per heavy atom. The van der Waals surface area contributed by atoms with Gasteiger partial charge in [0.15, 0.2) is 0 Å². The van der Waals surface area contributed by atoms with E-state index in [1.54, 1.807) is 7.11 Å². The van der Waals surface area contributed by atoms with Crippen LogP contribution in [0.15, 0.2) is 0 Å². The van der Waals surface area contributed by atoms with Gasteiger partial charge in [-0.3, -0.25) is 4.90 Å². The van der Waals surface area contributed by atoms with E-state index in [1.165, 1.54) is 13.1 Å². The molecule has 3 nitrogen and oxygen atoms in total. The van der Waals surface area contributed by atoms with Crippen molar-refractivity contribution in [3.8, 4) is 0 Å². The Kier molecular flexibility index (Phi) is 6.73. The van der Waals surface area contributed by atoms with Crippen molar-refractivity contribution in [3.63, 3.8) is 0 Å². The normalized spacial score (nSPS) is 29.2. The number of hydrogen-bond acceptors (Lipinski definition) is 4. The van der Waals surface area contributed by atoms with Crippen LogP contribution in [0.25, 0.3) is 0 Å². The highest BCUT2D eigenvalue weighted by Crippen LogP contribution is 2.24. The topological polar surface area (TPSA) is 24.5 Å². The SMILES string of the molecule is COCC(C)NCCN1CC(C)SC(C)C1. The highest BCUT2D eigenvalue weighted by atomic mass is 32.2. The maximum Gasteiger partial charge on any atom is 0.0613 e. The summed E-state index contributed by atoms with van der Waals surface area (Å²) in [6.45, 7) is 12.3. The summed E-state index contributed by atoms with van der Waals surface area (Å²) in [4.78, 5) is 2.57. The maximum atomic E-state index is 5.10. The molecular weight excluding hydrogens is 220 g/mol. The number of nitrogens with zero attached hydrogens (tertiary/aromatic N) is 1. The first-order valence-corrected chi connectivity index (χ1v) is 7.16. The van der Waals surface area contributed by atoms with Crippen LogP contribution in [0.4, 0.5) is 0 Å². The number of methoxy groups -OCH3 is 1. The van der Waals surface area contributed by atoms with Crippen LogP contribution in [-0.2, 0) is 4.74 Å². The van der Waals surface area contributed by atoms with Crippen LogP contribution in [0.2, 0.25) is 0 Å². The van der Waals surface area contributed by atoms with E-state index >= 15 is 0 Å². The minimum atomic E-state index is 0.457. The molecule has 3 atom stereocenters. The molecule has 96 valence electrons. The van der Waals surface area contributed by atoms with Crippen molar-refractivity contribution in [2.45, 2.75) is 37.3 Å². The molecule has 16 heavy (non-hydrogen) atoms. The van der Waals surface area contributed by atoms with Gasteiger partial charge in [-0.2, -0.15) is 11.8 Å². The van der Waals surface area contributed by atoms with Crippen molar-refractivity contribution in [1.82, 2.24) is 10.2 Å². The van der Waals surface area contributed by atoms with E-state index in [-0.39, 0.29) is 0 Å². The molecule has 4 heteroatoms. The van der Waals surface area contributed by atoms with Gasteiger partial charge in [-0.1, -0.05) is 13.8 Å². The molecule has 0 bridgehead atoms. The van der Waals surface area contributed by atoms with Gasteiger partial charge in [-0.15, -0.1) is 0 Å². The summed E-state index contributed by atoms with van der Waals surface area (Å²) in [7, 11) is 1.75. The number of nitrogens with one attached hydrogen (secondary N) is 1. The molecule has 1 fully saturated rings. The number of rotatable bonds is 6. The molecule has 0 aliphatic carbocycles. The Morgan fingerprint density at radius 3 is 2.56 bits per heavy atom. The zero-order valence-corrected chi connectivity index (χ0v) is 11.8. The fourth-order valence-corrected chi connectivity index (χ4v) is 3.63. The predicted molar refractivity (Wildman–Crippen MR) is 72.3 cm³/mol. The van der Waals surface area contributed by atoms with Gasteiger partial charge in [0, 0.05) is 49.8 Å². The average molecular weight is 246 g/mol. The highest BCUT2D eigenvalue weighted by molar-refractivity contribution is 8.00. The van der Waals surface area contributed by atoms with Gasteiger partial charge in [0.25, 0.3) is 0 Å². The van der Waals surface area contributed by atoms with E-state index < -0.39 is 0 Å². The monoisotopic (exact) mass is 246 g/mol. The van der Waals surface area contributed by atoms with E-state index in [0.717, 1.165) is 30.2 Å². The second-order valence-corrected chi connectivity index (χ2v) is 6.71. The standard InChI is InChI=1S/C12H26N2OS/c1-10(9-15-4)13-5-6-14-7-11(2)16-12(3)8-14/h10-13H,5-9H2,1-4H3. The third kappa shape index (κ3) is 5.53. The molecule has 0 amide bonds.